The van der Waals surface area contributed by atoms with Crippen molar-refractivity contribution in [2.24, 2.45) is 4.99 Å². The molecule has 7 heteroatoms. The van der Waals surface area contributed by atoms with Crippen LogP contribution in [-0.4, -0.2) is 74.1 Å². The van der Waals surface area contributed by atoms with E-state index in [1.807, 2.05) is 21.1 Å². The number of fused-ring (bicyclic) bond motifs is 1. The maximum atomic E-state index is 4.77. The summed E-state index contributed by atoms with van der Waals surface area (Å²) in [6, 6.07) is 11.2. The first-order valence-corrected chi connectivity index (χ1v) is 10.9. The fourth-order valence-corrected chi connectivity index (χ4v) is 4.63. The van der Waals surface area contributed by atoms with Gasteiger partial charge < -0.3 is 15.1 Å². The van der Waals surface area contributed by atoms with E-state index in [0.717, 1.165) is 36.9 Å². The molecule has 2 aromatic rings. The Morgan fingerprint density at radius 1 is 1.17 bits per heavy atom. The summed E-state index contributed by atoms with van der Waals surface area (Å²) in [5.41, 5.74) is 2.30. The summed E-state index contributed by atoms with van der Waals surface area (Å²) in [4.78, 5) is 16.5. The molecule has 0 saturated carbocycles. The summed E-state index contributed by atoms with van der Waals surface area (Å²) in [7, 11) is 5.98. The Morgan fingerprint density at radius 3 is 2.67 bits per heavy atom. The minimum atomic E-state index is 0. The lowest BCUT2D eigenvalue weighted by Crippen LogP contribution is -2.44. The number of piperidine rings is 1. The standard InChI is InChI=1S/C23H34N6.HI/c1-24-23(29-14-11-19(17-29)28-12-7-4-8-13-28)25-16-18-15-22(27(2)3)26-21-10-6-5-9-20(18)21;/h5-6,9-10,15,19H,4,7-8,11-14,16-17H2,1-3H3,(H,24,25);1H. The average molecular weight is 522 g/mol. The second-order valence-corrected chi connectivity index (χ2v) is 8.44. The highest BCUT2D eigenvalue weighted by Gasteiger charge is 2.30. The molecule has 0 bridgehead atoms. The zero-order valence-electron chi connectivity index (χ0n) is 18.5. The fourth-order valence-electron chi connectivity index (χ4n) is 4.63. The summed E-state index contributed by atoms with van der Waals surface area (Å²) in [6.07, 6.45) is 5.34. The molecule has 1 unspecified atom stereocenters. The monoisotopic (exact) mass is 522 g/mol. The molecule has 6 nitrogen and oxygen atoms in total. The molecule has 0 aliphatic carbocycles. The molecule has 2 aliphatic rings. The number of nitrogens with one attached hydrogen (secondary N) is 1. The number of rotatable bonds is 4. The van der Waals surface area contributed by atoms with Crippen molar-refractivity contribution in [3.8, 4) is 0 Å². The van der Waals surface area contributed by atoms with Gasteiger partial charge in [-0.3, -0.25) is 9.89 Å². The number of anilines is 1. The average Bonchev–Trinajstić information content (AvgIpc) is 3.24. The van der Waals surface area contributed by atoms with Gasteiger partial charge >= 0.3 is 0 Å². The van der Waals surface area contributed by atoms with Crippen LogP contribution in [0.1, 0.15) is 31.2 Å². The summed E-state index contributed by atoms with van der Waals surface area (Å²) in [5.74, 6) is 2.00. The molecule has 30 heavy (non-hydrogen) atoms. The Morgan fingerprint density at radius 2 is 1.93 bits per heavy atom. The molecule has 1 aromatic carbocycles. The van der Waals surface area contributed by atoms with Crippen LogP contribution >= 0.6 is 24.0 Å². The van der Waals surface area contributed by atoms with Gasteiger partial charge in [-0.15, -0.1) is 24.0 Å². The number of para-hydroxylation sites is 1. The first-order chi connectivity index (χ1) is 14.2. The van der Waals surface area contributed by atoms with Crippen molar-refractivity contribution in [3.05, 3.63) is 35.9 Å². The van der Waals surface area contributed by atoms with Gasteiger partial charge in [0.15, 0.2) is 5.96 Å². The largest absolute Gasteiger partial charge is 0.363 e. The maximum absolute atomic E-state index is 4.77. The first-order valence-electron chi connectivity index (χ1n) is 10.9. The van der Waals surface area contributed by atoms with Crippen LogP contribution in [0.4, 0.5) is 5.82 Å². The zero-order chi connectivity index (χ0) is 20.2. The second-order valence-electron chi connectivity index (χ2n) is 8.44. The van der Waals surface area contributed by atoms with Gasteiger partial charge in [-0.05, 0) is 50.0 Å². The van der Waals surface area contributed by atoms with Crippen molar-refractivity contribution in [2.75, 3.05) is 52.2 Å². The number of pyridine rings is 1. The van der Waals surface area contributed by atoms with Gasteiger partial charge in [-0.25, -0.2) is 4.98 Å². The molecule has 0 spiro atoms. The highest BCUT2D eigenvalue weighted by atomic mass is 127. The second kappa shape index (κ2) is 10.6. The van der Waals surface area contributed by atoms with Crippen LogP contribution < -0.4 is 10.2 Å². The summed E-state index contributed by atoms with van der Waals surface area (Å²) < 4.78 is 0. The minimum Gasteiger partial charge on any atom is -0.363 e. The molecule has 164 valence electrons. The van der Waals surface area contributed by atoms with Crippen LogP contribution in [0.3, 0.4) is 0 Å². The third kappa shape index (κ3) is 5.17. The Kier molecular flexibility index (Phi) is 8.16. The number of aromatic nitrogens is 1. The van der Waals surface area contributed by atoms with Crippen molar-refractivity contribution in [1.29, 1.82) is 0 Å². The minimum absolute atomic E-state index is 0. The Hall–Kier alpha value is -1.61. The van der Waals surface area contributed by atoms with Crippen molar-refractivity contribution in [1.82, 2.24) is 20.1 Å². The van der Waals surface area contributed by atoms with E-state index in [1.54, 1.807) is 0 Å². The SMILES string of the molecule is CN=C(NCc1cc(N(C)C)nc2ccccc12)N1CCC(N2CCCCC2)C1.I. The molecule has 1 aromatic heterocycles. The van der Waals surface area contributed by atoms with Gasteiger partial charge in [0, 0.05) is 52.2 Å². The van der Waals surface area contributed by atoms with Gasteiger partial charge in [-0.2, -0.15) is 0 Å². The van der Waals surface area contributed by atoms with Gasteiger partial charge in [0.2, 0.25) is 0 Å². The van der Waals surface area contributed by atoms with Gasteiger partial charge in [0.05, 0.1) is 5.52 Å². The van der Waals surface area contributed by atoms with E-state index in [0.29, 0.717) is 6.04 Å². The predicted molar refractivity (Wildman–Crippen MR) is 137 cm³/mol. The molecule has 1 atom stereocenters. The summed E-state index contributed by atoms with van der Waals surface area (Å²) >= 11 is 0. The smallest absolute Gasteiger partial charge is 0.193 e. The molecule has 0 radical (unpaired) electrons. The Labute approximate surface area is 197 Å². The highest BCUT2D eigenvalue weighted by Crippen LogP contribution is 2.23. The molecule has 2 aliphatic heterocycles. The van der Waals surface area contributed by atoms with E-state index < -0.39 is 0 Å². The molecule has 1 N–H and O–H groups in total. The summed E-state index contributed by atoms with van der Waals surface area (Å²) in [5, 5.41) is 4.82. The molecule has 2 saturated heterocycles. The first kappa shape index (κ1) is 23.1. The molecule has 0 amide bonds. The normalized spacial score (nSPS) is 20.3. The van der Waals surface area contributed by atoms with Crippen LogP contribution in [0.2, 0.25) is 0 Å². The van der Waals surface area contributed by atoms with Crippen LogP contribution in [-0.2, 0) is 6.54 Å². The number of hydrogen-bond donors (Lipinski definition) is 1. The number of guanidine groups is 1. The van der Waals surface area contributed by atoms with Gasteiger partial charge in [-0.1, -0.05) is 24.6 Å². The number of hydrogen-bond acceptors (Lipinski definition) is 4. The lowest BCUT2D eigenvalue weighted by Gasteiger charge is -2.32. The maximum Gasteiger partial charge on any atom is 0.193 e. The number of aliphatic imine (C=N–C) groups is 1. The van der Waals surface area contributed by atoms with Gasteiger partial charge in [0.25, 0.3) is 0 Å². The lowest BCUT2D eigenvalue weighted by molar-refractivity contribution is 0.168. The topological polar surface area (TPSA) is 47.0 Å². The van der Waals surface area contributed by atoms with E-state index in [-0.39, 0.29) is 24.0 Å². The van der Waals surface area contributed by atoms with E-state index in [9.17, 15) is 0 Å². The van der Waals surface area contributed by atoms with E-state index in [2.05, 4.69) is 55.3 Å². The van der Waals surface area contributed by atoms with Crippen molar-refractivity contribution in [2.45, 2.75) is 38.3 Å². The van der Waals surface area contributed by atoms with Gasteiger partial charge in [0.1, 0.15) is 5.82 Å². The predicted octanol–water partition coefficient (Wildman–Crippen LogP) is 3.55. The number of nitrogens with zero attached hydrogens (tertiary/aromatic N) is 5. The van der Waals surface area contributed by atoms with Crippen LogP contribution in [0, 0.1) is 0 Å². The van der Waals surface area contributed by atoms with E-state index in [1.165, 1.54) is 49.7 Å². The number of halogens is 1. The van der Waals surface area contributed by atoms with Crippen LogP contribution in [0.15, 0.2) is 35.3 Å². The molecular weight excluding hydrogens is 487 g/mol. The van der Waals surface area contributed by atoms with Crippen molar-refractivity contribution < 1.29 is 0 Å². The third-order valence-corrected chi connectivity index (χ3v) is 6.27. The van der Waals surface area contributed by atoms with Crippen LogP contribution in [0.25, 0.3) is 10.9 Å². The van der Waals surface area contributed by atoms with E-state index in [4.69, 9.17) is 4.98 Å². The number of benzene rings is 1. The van der Waals surface area contributed by atoms with E-state index >= 15 is 0 Å². The zero-order valence-corrected chi connectivity index (χ0v) is 20.8. The fraction of sp³-hybridized carbons (Fsp3) is 0.565. The Bertz CT molecular complexity index is 862. The molecule has 2 fully saturated rings. The van der Waals surface area contributed by atoms with Crippen molar-refractivity contribution in [3.63, 3.8) is 0 Å². The quantitative estimate of drug-likeness (QED) is 0.378. The Balaban J connectivity index is 0.00000256. The summed E-state index contributed by atoms with van der Waals surface area (Å²) in [6.45, 7) is 5.45. The molecule has 4 rings (SSSR count). The van der Waals surface area contributed by atoms with Crippen LogP contribution in [0.5, 0.6) is 0 Å². The third-order valence-electron chi connectivity index (χ3n) is 6.27. The number of likely N-dealkylation sites (tertiary alicyclic amines) is 2. The molecular formula is C23H35IN6. The van der Waals surface area contributed by atoms with Crippen molar-refractivity contribution >= 4 is 46.7 Å². The highest BCUT2D eigenvalue weighted by molar-refractivity contribution is 14.0. The lowest BCUT2D eigenvalue weighted by atomic mass is 10.1. The molecule has 3 heterocycles.